The maximum atomic E-state index is 12.8. The number of hydrogen-bond acceptors (Lipinski definition) is 5. The van der Waals surface area contributed by atoms with Crippen LogP contribution in [0.3, 0.4) is 0 Å². The molecule has 60 heavy (non-hydrogen) atoms. The van der Waals surface area contributed by atoms with Gasteiger partial charge in [-0.15, -0.1) is 0 Å². The molecule has 0 aliphatic carbocycles. The second kappa shape index (κ2) is 50.4. The first kappa shape index (κ1) is 57.1. The number of allylic oxidation sites excluding steroid dienone is 14. The molecule has 0 N–H and O–H groups in total. The third-order valence-corrected chi connectivity index (χ3v) is 10.4. The fourth-order valence-corrected chi connectivity index (χ4v) is 6.75. The maximum Gasteiger partial charge on any atom is 0.306 e. The molecule has 1 unspecified atom stereocenters. The number of esters is 2. The van der Waals surface area contributed by atoms with Gasteiger partial charge in [0.2, 0.25) is 0 Å². The molecule has 1 atom stereocenters. The van der Waals surface area contributed by atoms with Gasteiger partial charge in [0, 0.05) is 19.4 Å². The summed E-state index contributed by atoms with van der Waals surface area (Å²) in [5.41, 5.74) is 0. The average molecular weight is 835 g/mol. The zero-order valence-corrected chi connectivity index (χ0v) is 39.5. The monoisotopic (exact) mass is 835 g/mol. The minimum absolute atomic E-state index is 0.0615. The Labute approximate surface area is 371 Å². The van der Waals surface area contributed by atoms with Crippen molar-refractivity contribution in [3.8, 4) is 0 Å². The second-order valence-electron chi connectivity index (χ2n) is 16.3. The largest absolute Gasteiger partial charge is 0.462 e. The van der Waals surface area contributed by atoms with E-state index in [2.05, 4.69) is 106 Å². The molecule has 0 saturated carbocycles. The van der Waals surface area contributed by atoms with Gasteiger partial charge in [-0.05, 0) is 89.9 Å². The maximum absolute atomic E-state index is 12.8. The summed E-state index contributed by atoms with van der Waals surface area (Å²) in [6.45, 7) is 7.52. The van der Waals surface area contributed by atoms with E-state index in [1.54, 1.807) is 0 Å². The van der Waals surface area contributed by atoms with E-state index in [0.717, 1.165) is 109 Å². The van der Waals surface area contributed by atoms with Crippen molar-refractivity contribution in [1.82, 2.24) is 0 Å². The number of carbonyl (C=O) groups is 2. The highest BCUT2D eigenvalue weighted by molar-refractivity contribution is 5.70. The zero-order chi connectivity index (χ0) is 43.5. The molecule has 0 amide bonds. The van der Waals surface area contributed by atoms with E-state index < -0.39 is 6.10 Å². The van der Waals surface area contributed by atoms with E-state index in [-0.39, 0.29) is 25.2 Å². The van der Waals surface area contributed by atoms with Crippen molar-refractivity contribution in [2.24, 2.45) is 0 Å². The van der Waals surface area contributed by atoms with Gasteiger partial charge < -0.3 is 14.2 Å². The Morgan fingerprint density at radius 1 is 0.383 bits per heavy atom. The van der Waals surface area contributed by atoms with Crippen molar-refractivity contribution < 1.29 is 23.8 Å². The van der Waals surface area contributed by atoms with Crippen molar-refractivity contribution in [2.45, 2.75) is 232 Å². The molecule has 0 saturated heterocycles. The molecule has 0 rings (SSSR count). The number of ether oxygens (including phenoxy) is 3. The van der Waals surface area contributed by atoms with Crippen molar-refractivity contribution >= 4 is 11.9 Å². The van der Waals surface area contributed by atoms with Crippen LogP contribution >= 0.6 is 0 Å². The number of carbonyl (C=O) groups excluding carboxylic acids is 2. The number of unbranched alkanes of at least 4 members (excludes halogenated alkanes) is 20. The van der Waals surface area contributed by atoms with Crippen LogP contribution in [0.1, 0.15) is 226 Å². The summed E-state index contributed by atoms with van der Waals surface area (Å²) in [6, 6.07) is 0. The predicted octanol–water partition coefficient (Wildman–Crippen LogP) is 16.9. The summed E-state index contributed by atoms with van der Waals surface area (Å²) in [5.74, 6) is -0.434. The van der Waals surface area contributed by atoms with E-state index in [1.807, 2.05) is 0 Å². The Hall–Kier alpha value is -2.92. The lowest BCUT2D eigenvalue weighted by Gasteiger charge is -2.18. The highest BCUT2D eigenvalue weighted by Gasteiger charge is 2.17. The molecular weight excluding hydrogens is 741 g/mol. The summed E-state index contributed by atoms with van der Waals surface area (Å²) in [7, 11) is 0. The van der Waals surface area contributed by atoms with E-state index in [9.17, 15) is 9.59 Å². The van der Waals surface area contributed by atoms with Gasteiger partial charge in [-0.3, -0.25) is 9.59 Å². The van der Waals surface area contributed by atoms with Crippen molar-refractivity contribution in [1.29, 1.82) is 0 Å². The van der Waals surface area contributed by atoms with Crippen LogP contribution in [0.2, 0.25) is 0 Å². The van der Waals surface area contributed by atoms with E-state index in [1.165, 1.54) is 83.5 Å². The topological polar surface area (TPSA) is 61.8 Å². The second-order valence-corrected chi connectivity index (χ2v) is 16.3. The summed E-state index contributed by atoms with van der Waals surface area (Å²) < 4.78 is 17.3. The SMILES string of the molecule is CC/C=C\C/C=C\C/C=C\C/C=C\CCCCCOCC(COC(=O)CCCCCCC/C=C\C/C=C\C/C=C\CC)OC(=O)CCCCCCCCCCCCCCC. The lowest BCUT2D eigenvalue weighted by Crippen LogP contribution is -2.30. The first-order valence-electron chi connectivity index (χ1n) is 25.1. The minimum atomic E-state index is -0.561. The van der Waals surface area contributed by atoms with Crippen molar-refractivity contribution in [2.75, 3.05) is 19.8 Å². The van der Waals surface area contributed by atoms with Crippen LogP contribution in [0.25, 0.3) is 0 Å². The molecular formula is C55H94O5. The van der Waals surface area contributed by atoms with Crippen LogP contribution in [0.15, 0.2) is 85.1 Å². The fourth-order valence-electron chi connectivity index (χ4n) is 6.75. The van der Waals surface area contributed by atoms with Gasteiger partial charge in [-0.2, -0.15) is 0 Å². The van der Waals surface area contributed by atoms with Crippen LogP contribution in [-0.2, 0) is 23.8 Å². The Morgan fingerprint density at radius 3 is 1.20 bits per heavy atom. The molecule has 0 fully saturated rings. The normalized spacial score (nSPS) is 12.9. The Balaban J connectivity index is 4.35. The van der Waals surface area contributed by atoms with Gasteiger partial charge in [0.25, 0.3) is 0 Å². The highest BCUT2D eigenvalue weighted by Crippen LogP contribution is 2.14. The summed E-state index contributed by atoms with van der Waals surface area (Å²) >= 11 is 0. The van der Waals surface area contributed by atoms with Gasteiger partial charge in [0.05, 0.1) is 6.61 Å². The number of hydrogen-bond donors (Lipinski definition) is 0. The first-order valence-corrected chi connectivity index (χ1v) is 25.1. The lowest BCUT2D eigenvalue weighted by atomic mass is 10.0. The Morgan fingerprint density at radius 2 is 0.750 bits per heavy atom. The van der Waals surface area contributed by atoms with Crippen molar-refractivity contribution in [3.05, 3.63) is 85.1 Å². The Kier molecular flexibility index (Phi) is 48.0. The summed E-state index contributed by atoms with van der Waals surface area (Å²) in [5, 5.41) is 0. The van der Waals surface area contributed by atoms with E-state index >= 15 is 0 Å². The number of rotatable bonds is 45. The molecule has 5 heteroatoms. The molecule has 0 heterocycles. The van der Waals surface area contributed by atoms with Gasteiger partial charge in [-0.1, -0.05) is 209 Å². The van der Waals surface area contributed by atoms with Crippen LogP contribution in [0.4, 0.5) is 0 Å². The highest BCUT2D eigenvalue weighted by atomic mass is 16.6. The zero-order valence-electron chi connectivity index (χ0n) is 39.5. The minimum Gasteiger partial charge on any atom is -0.462 e. The molecule has 5 nitrogen and oxygen atoms in total. The van der Waals surface area contributed by atoms with Gasteiger partial charge in [0.1, 0.15) is 6.61 Å². The van der Waals surface area contributed by atoms with Gasteiger partial charge in [-0.25, -0.2) is 0 Å². The molecule has 0 spiro atoms. The van der Waals surface area contributed by atoms with E-state index in [0.29, 0.717) is 19.4 Å². The quantitative estimate of drug-likeness (QED) is 0.0347. The molecule has 0 bridgehead atoms. The first-order chi connectivity index (χ1) is 29.6. The van der Waals surface area contributed by atoms with E-state index in [4.69, 9.17) is 14.2 Å². The standard InChI is InChI=1S/C55H94O5/c1-4-7-10-13-16-19-22-25-27-29-32-35-38-41-44-47-50-58-51-53(60-55(57)49-46-43-40-37-34-30-24-21-18-15-12-9-6-3)52-59-54(56)48-45-42-39-36-33-31-28-26-23-20-17-14-11-8-5-2/h7-8,10-11,16-17,19-20,25-28,32,35,53H,4-6,9,12-15,18,21-24,29-31,33-34,36-52H2,1-3H3/b10-7-,11-8-,19-16-,20-17-,27-25-,28-26-,35-32-. The molecule has 344 valence electrons. The molecule has 0 aliphatic heterocycles. The lowest BCUT2D eigenvalue weighted by molar-refractivity contribution is -0.163. The molecule has 0 aliphatic rings. The van der Waals surface area contributed by atoms with Crippen LogP contribution in [-0.4, -0.2) is 37.9 Å². The van der Waals surface area contributed by atoms with Crippen LogP contribution < -0.4 is 0 Å². The average Bonchev–Trinajstić information content (AvgIpc) is 3.25. The molecule has 0 radical (unpaired) electrons. The third kappa shape index (κ3) is 47.8. The molecule has 0 aromatic heterocycles. The third-order valence-electron chi connectivity index (χ3n) is 10.4. The smallest absolute Gasteiger partial charge is 0.306 e. The van der Waals surface area contributed by atoms with Crippen molar-refractivity contribution in [3.63, 3.8) is 0 Å². The van der Waals surface area contributed by atoms with Gasteiger partial charge >= 0.3 is 11.9 Å². The molecule has 0 aromatic carbocycles. The Bertz CT molecular complexity index is 1130. The predicted molar refractivity (Wildman–Crippen MR) is 260 cm³/mol. The van der Waals surface area contributed by atoms with Crippen LogP contribution in [0.5, 0.6) is 0 Å². The van der Waals surface area contributed by atoms with Crippen LogP contribution in [0, 0.1) is 0 Å². The fraction of sp³-hybridized carbons (Fsp3) is 0.709. The summed E-state index contributed by atoms with van der Waals surface area (Å²) in [4.78, 5) is 25.4. The summed E-state index contributed by atoms with van der Waals surface area (Å²) in [6.07, 6.45) is 65.9. The van der Waals surface area contributed by atoms with Gasteiger partial charge in [0.15, 0.2) is 6.10 Å². The molecule has 0 aromatic rings.